The number of carbonyl (C=O) groups is 2. The molecule has 1 unspecified atom stereocenters. The predicted octanol–water partition coefficient (Wildman–Crippen LogP) is 4.71. The first-order valence-corrected chi connectivity index (χ1v) is 11.1. The van der Waals surface area contributed by atoms with Gasteiger partial charge in [-0.3, -0.25) is 9.59 Å². The number of rotatable bonds is 10. The second-order valence-corrected chi connectivity index (χ2v) is 8.45. The van der Waals surface area contributed by atoms with Crippen LogP contribution < -0.4 is 4.74 Å². The minimum Gasteiger partial charge on any atom is -0.507 e. The van der Waals surface area contributed by atoms with Gasteiger partial charge in [0.1, 0.15) is 17.3 Å². The molecule has 3 rings (SSSR count). The van der Waals surface area contributed by atoms with E-state index in [0.717, 1.165) is 6.42 Å². The Balaban J connectivity index is 2.03. The third-order valence-electron chi connectivity index (χ3n) is 5.54. The molecule has 2 aromatic rings. The van der Waals surface area contributed by atoms with Gasteiger partial charge in [-0.05, 0) is 60.7 Å². The fourth-order valence-corrected chi connectivity index (χ4v) is 3.79. The quantitative estimate of drug-likeness (QED) is 0.243. The lowest BCUT2D eigenvalue weighted by Gasteiger charge is -2.25. The van der Waals surface area contributed by atoms with Crippen LogP contribution in [-0.4, -0.2) is 48.6 Å². The van der Waals surface area contributed by atoms with E-state index in [0.29, 0.717) is 36.9 Å². The maximum Gasteiger partial charge on any atom is 0.295 e. The molecule has 0 radical (unpaired) electrons. The lowest BCUT2D eigenvalue weighted by molar-refractivity contribution is -0.140. The lowest BCUT2D eigenvalue weighted by Crippen LogP contribution is -2.31. The summed E-state index contributed by atoms with van der Waals surface area (Å²) < 4.78 is 24.4. The van der Waals surface area contributed by atoms with Crippen LogP contribution in [0.2, 0.25) is 0 Å². The monoisotopic (exact) mass is 455 g/mol. The smallest absolute Gasteiger partial charge is 0.295 e. The molecule has 1 amide bonds. The average Bonchev–Trinajstić information content (AvgIpc) is 3.04. The van der Waals surface area contributed by atoms with Gasteiger partial charge in [0.25, 0.3) is 11.7 Å². The number of halogens is 1. The van der Waals surface area contributed by atoms with Gasteiger partial charge in [-0.1, -0.05) is 26.0 Å². The van der Waals surface area contributed by atoms with Crippen LogP contribution >= 0.6 is 0 Å². The standard InChI is InChI=1S/C26H30FNO5/c1-17(2)12-15-33-21-7-4-6-19(16-21)23-22(24(29)18-8-10-20(27)11-9-18)25(30)26(31)28(23)13-5-14-32-3/h4,6-11,16-17,23,29H,5,12-15H2,1-3H3/b24-22+. The van der Waals surface area contributed by atoms with Crippen molar-refractivity contribution in [2.75, 3.05) is 26.9 Å². The number of benzene rings is 2. The zero-order valence-electron chi connectivity index (χ0n) is 19.2. The van der Waals surface area contributed by atoms with Gasteiger partial charge in [0.15, 0.2) is 0 Å². The lowest BCUT2D eigenvalue weighted by atomic mass is 9.95. The number of ether oxygens (including phenoxy) is 2. The molecule has 1 aliphatic rings. The van der Waals surface area contributed by atoms with Gasteiger partial charge in [0.2, 0.25) is 0 Å². The van der Waals surface area contributed by atoms with Gasteiger partial charge in [-0.2, -0.15) is 0 Å². The fourth-order valence-electron chi connectivity index (χ4n) is 3.79. The summed E-state index contributed by atoms with van der Waals surface area (Å²) >= 11 is 0. The Labute approximate surface area is 193 Å². The zero-order valence-corrected chi connectivity index (χ0v) is 19.2. The van der Waals surface area contributed by atoms with E-state index >= 15 is 0 Å². The van der Waals surface area contributed by atoms with Crippen LogP contribution in [0.25, 0.3) is 5.76 Å². The third kappa shape index (κ3) is 5.79. The number of amides is 1. The average molecular weight is 456 g/mol. The number of hydrogen-bond donors (Lipinski definition) is 1. The Bertz CT molecular complexity index is 1020. The number of Topliss-reactive ketones (excluding diaryl/α,β-unsaturated/α-hetero) is 1. The number of aliphatic hydroxyl groups excluding tert-OH is 1. The first-order valence-electron chi connectivity index (χ1n) is 11.1. The minimum absolute atomic E-state index is 0.0247. The van der Waals surface area contributed by atoms with Crippen molar-refractivity contribution in [2.24, 2.45) is 5.92 Å². The summed E-state index contributed by atoms with van der Waals surface area (Å²) in [6.45, 7) is 5.48. The van der Waals surface area contributed by atoms with Crippen LogP contribution in [0.1, 0.15) is 43.9 Å². The maximum absolute atomic E-state index is 13.4. The molecule has 0 saturated carbocycles. The molecule has 2 aromatic carbocycles. The van der Waals surface area contributed by atoms with Gasteiger partial charge in [0.05, 0.1) is 18.2 Å². The SMILES string of the molecule is COCCCN1C(=O)C(=O)/C(=C(/O)c2ccc(F)cc2)C1c1cccc(OCCC(C)C)c1. The number of ketones is 1. The fraction of sp³-hybridized carbons (Fsp3) is 0.385. The van der Waals surface area contributed by atoms with E-state index in [-0.39, 0.29) is 23.4 Å². The Morgan fingerprint density at radius 2 is 1.85 bits per heavy atom. The first-order chi connectivity index (χ1) is 15.8. The highest BCUT2D eigenvalue weighted by Gasteiger charge is 2.45. The van der Waals surface area contributed by atoms with Gasteiger partial charge in [0, 0.05) is 25.8 Å². The summed E-state index contributed by atoms with van der Waals surface area (Å²) in [6, 6.07) is 11.6. The van der Waals surface area contributed by atoms with Crippen molar-refractivity contribution in [2.45, 2.75) is 32.7 Å². The van der Waals surface area contributed by atoms with E-state index < -0.39 is 23.5 Å². The van der Waals surface area contributed by atoms with Gasteiger partial charge < -0.3 is 19.5 Å². The molecule has 1 N–H and O–H groups in total. The zero-order chi connectivity index (χ0) is 24.0. The molecule has 0 bridgehead atoms. The highest BCUT2D eigenvalue weighted by atomic mass is 19.1. The molecule has 33 heavy (non-hydrogen) atoms. The summed E-state index contributed by atoms with van der Waals surface area (Å²) in [6.07, 6.45) is 1.42. The third-order valence-corrected chi connectivity index (χ3v) is 5.54. The minimum atomic E-state index is -0.791. The molecular formula is C26H30FNO5. The second-order valence-electron chi connectivity index (χ2n) is 8.45. The van der Waals surface area contributed by atoms with E-state index in [4.69, 9.17) is 9.47 Å². The van der Waals surface area contributed by atoms with Crippen molar-refractivity contribution in [3.05, 3.63) is 71.0 Å². The molecule has 1 heterocycles. The number of aliphatic hydroxyl groups is 1. The van der Waals surface area contributed by atoms with E-state index in [1.807, 2.05) is 6.07 Å². The molecule has 176 valence electrons. The van der Waals surface area contributed by atoms with Crippen molar-refractivity contribution < 1.29 is 28.6 Å². The molecule has 1 aliphatic heterocycles. The van der Waals surface area contributed by atoms with Crippen molar-refractivity contribution in [1.82, 2.24) is 4.90 Å². The topological polar surface area (TPSA) is 76.1 Å². The molecule has 0 aromatic heterocycles. The van der Waals surface area contributed by atoms with Gasteiger partial charge in [-0.25, -0.2) is 4.39 Å². The molecule has 1 saturated heterocycles. The number of carbonyl (C=O) groups excluding carboxylic acids is 2. The van der Waals surface area contributed by atoms with E-state index in [1.54, 1.807) is 25.3 Å². The van der Waals surface area contributed by atoms with Crippen molar-refractivity contribution in [3.63, 3.8) is 0 Å². The summed E-state index contributed by atoms with van der Waals surface area (Å²) in [5.41, 5.74) is 0.890. The maximum atomic E-state index is 13.4. The number of nitrogens with zero attached hydrogens (tertiary/aromatic N) is 1. The van der Waals surface area contributed by atoms with E-state index in [9.17, 15) is 19.1 Å². The second kappa shape index (κ2) is 11.1. The van der Waals surface area contributed by atoms with Crippen LogP contribution in [0.5, 0.6) is 5.75 Å². The van der Waals surface area contributed by atoms with Crippen LogP contribution in [-0.2, 0) is 14.3 Å². The highest BCUT2D eigenvalue weighted by molar-refractivity contribution is 6.46. The summed E-state index contributed by atoms with van der Waals surface area (Å²) in [4.78, 5) is 27.4. The number of hydrogen-bond acceptors (Lipinski definition) is 5. The van der Waals surface area contributed by atoms with Crippen molar-refractivity contribution >= 4 is 17.4 Å². The summed E-state index contributed by atoms with van der Waals surface area (Å²) in [7, 11) is 1.57. The van der Waals surface area contributed by atoms with Gasteiger partial charge >= 0.3 is 0 Å². The Kier molecular flexibility index (Phi) is 8.22. The molecule has 1 atom stereocenters. The van der Waals surface area contributed by atoms with Crippen LogP contribution in [0.3, 0.4) is 0 Å². The molecule has 7 heteroatoms. The number of likely N-dealkylation sites (tertiary alicyclic amines) is 1. The molecule has 6 nitrogen and oxygen atoms in total. The predicted molar refractivity (Wildman–Crippen MR) is 123 cm³/mol. The van der Waals surface area contributed by atoms with Crippen LogP contribution in [0.4, 0.5) is 4.39 Å². The number of methoxy groups -OCH3 is 1. The Morgan fingerprint density at radius 1 is 1.12 bits per heavy atom. The molecule has 0 spiro atoms. The van der Waals surface area contributed by atoms with E-state index in [2.05, 4.69) is 13.8 Å². The molecule has 1 fully saturated rings. The Morgan fingerprint density at radius 3 is 2.52 bits per heavy atom. The summed E-state index contributed by atoms with van der Waals surface area (Å²) in [5.74, 6) is -1.14. The van der Waals surface area contributed by atoms with Crippen LogP contribution in [0, 0.1) is 11.7 Å². The summed E-state index contributed by atoms with van der Waals surface area (Å²) in [5, 5.41) is 11.0. The normalized spacial score (nSPS) is 17.7. The highest BCUT2D eigenvalue weighted by Crippen LogP contribution is 2.40. The Hall–Kier alpha value is -3.19. The first kappa shape index (κ1) is 24.5. The van der Waals surface area contributed by atoms with Gasteiger partial charge in [-0.15, -0.1) is 0 Å². The van der Waals surface area contributed by atoms with Crippen molar-refractivity contribution in [1.29, 1.82) is 0 Å². The van der Waals surface area contributed by atoms with E-state index in [1.165, 1.54) is 29.2 Å². The van der Waals surface area contributed by atoms with Crippen LogP contribution in [0.15, 0.2) is 54.1 Å². The molecule has 0 aliphatic carbocycles. The largest absolute Gasteiger partial charge is 0.507 e. The molecular weight excluding hydrogens is 425 g/mol. The van der Waals surface area contributed by atoms with Crippen molar-refractivity contribution in [3.8, 4) is 5.75 Å².